The van der Waals surface area contributed by atoms with Crippen molar-refractivity contribution in [3.63, 3.8) is 0 Å². The molecule has 166 valence electrons. The molecule has 0 radical (unpaired) electrons. The van der Waals surface area contributed by atoms with Gasteiger partial charge < -0.3 is 9.47 Å². The Balaban J connectivity index is 2.10. The van der Waals surface area contributed by atoms with Crippen LogP contribution in [0.3, 0.4) is 0 Å². The van der Waals surface area contributed by atoms with Crippen LogP contribution in [-0.4, -0.2) is 26.8 Å². The largest absolute Gasteiger partial charge is 0.465 e. The van der Waals surface area contributed by atoms with Crippen LogP contribution in [0.5, 0.6) is 11.5 Å². The normalized spacial score (nSPS) is 11.5. The highest BCUT2D eigenvalue weighted by atomic mass is 32.2. The highest BCUT2D eigenvalue weighted by molar-refractivity contribution is 7.81. The summed E-state index contributed by atoms with van der Waals surface area (Å²) in [4.78, 5) is 22.9. The quantitative estimate of drug-likeness (QED) is 0.231. The predicted octanol–water partition coefficient (Wildman–Crippen LogP) is 4.90. The molecule has 0 saturated heterocycles. The number of halogens is 1. The number of carbonyl (C=O) groups is 1. The fourth-order valence-electron chi connectivity index (χ4n) is 2.87. The standard InChI is InChI=1S/C21H17FN2O7S/c1-13-3-6-15(7-4-13)23(32(28)29)18-10-8-16(12-17(18)21(25)30-2)31-20-11-14(22)5-9-19(20)24(26)27/h3-12H,1-2H3,(H,28,29). The lowest BCUT2D eigenvalue weighted by Gasteiger charge is -2.23. The lowest BCUT2D eigenvalue weighted by molar-refractivity contribution is -0.385. The van der Waals surface area contributed by atoms with Crippen LogP contribution in [0.2, 0.25) is 0 Å². The first kappa shape index (κ1) is 22.8. The summed E-state index contributed by atoms with van der Waals surface area (Å²) >= 11 is -2.55. The molecule has 0 aromatic heterocycles. The molecule has 9 nitrogen and oxygen atoms in total. The van der Waals surface area contributed by atoms with Crippen LogP contribution in [0.25, 0.3) is 0 Å². The maximum absolute atomic E-state index is 13.6. The molecule has 0 aliphatic heterocycles. The summed E-state index contributed by atoms with van der Waals surface area (Å²) in [5.74, 6) is -2.02. The number of nitrogens with zero attached hydrogens (tertiary/aromatic N) is 2. The van der Waals surface area contributed by atoms with Crippen LogP contribution in [-0.2, 0) is 16.0 Å². The van der Waals surface area contributed by atoms with E-state index in [1.165, 1.54) is 18.2 Å². The highest BCUT2D eigenvalue weighted by Crippen LogP contribution is 2.36. The van der Waals surface area contributed by atoms with Gasteiger partial charge in [0.15, 0.2) is 0 Å². The SMILES string of the molecule is COC(=O)c1cc(Oc2cc(F)ccc2[N+](=O)[O-])ccc1N(c1ccc(C)cc1)S(=O)O. The number of carbonyl (C=O) groups excluding carboxylic acids is 1. The number of nitro benzene ring substituents is 1. The monoisotopic (exact) mass is 460 g/mol. The van der Waals surface area contributed by atoms with Gasteiger partial charge in [-0.15, -0.1) is 0 Å². The molecule has 3 rings (SSSR count). The Kier molecular flexibility index (Phi) is 6.81. The molecule has 1 N–H and O–H groups in total. The summed E-state index contributed by atoms with van der Waals surface area (Å²) in [6.07, 6.45) is 0. The summed E-state index contributed by atoms with van der Waals surface area (Å²) in [6.45, 7) is 1.85. The lowest BCUT2D eigenvalue weighted by Crippen LogP contribution is -2.22. The van der Waals surface area contributed by atoms with E-state index in [0.29, 0.717) is 5.69 Å². The molecule has 0 bridgehead atoms. The van der Waals surface area contributed by atoms with Gasteiger partial charge in [-0.05, 0) is 43.3 Å². The minimum absolute atomic E-state index is 0.0302. The topological polar surface area (TPSA) is 119 Å². The summed E-state index contributed by atoms with van der Waals surface area (Å²) < 4.78 is 46.9. The number of anilines is 2. The molecule has 1 unspecified atom stereocenters. The van der Waals surface area contributed by atoms with E-state index in [9.17, 15) is 28.1 Å². The fourth-order valence-corrected chi connectivity index (χ4v) is 3.50. The first-order chi connectivity index (χ1) is 15.2. The summed E-state index contributed by atoms with van der Waals surface area (Å²) in [5.41, 5.74) is 0.657. The van der Waals surface area contributed by atoms with Gasteiger partial charge in [0.1, 0.15) is 11.6 Å². The van der Waals surface area contributed by atoms with Crippen LogP contribution in [0, 0.1) is 22.9 Å². The number of rotatable bonds is 7. The van der Waals surface area contributed by atoms with Gasteiger partial charge in [0.25, 0.3) is 11.3 Å². The Morgan fingerprint density at radius 2 is 1.81 bits per heavy atom. The Morgan fingerprint density at radius 1 is 1.12 bits per heavy atom. The molecule has 0 fully saturated rings. The molecule has 32 heavy (non-hydrogen) atoms. The number of nitro groups is 1. The van der Waals surface area contributed by atoms with Crippen LogP contribution >= 0.6 is 0 Å². The van der Waals surface area contributed by atoms with Crippen molar-refractivity contribution < 1.29 is 32.3 Å². The smallest absolute Gasteiger partial charge is 0.340 e. The van der Waals surface area contributed by atoms with Gasteiger partial charge in [-0.1, -0.05) is 17.7 Å². The number of hydrogen-bond donors (Lipinski definition) is 1. The number of hydrogen-bond acceptors (Lipinski definition) is 6. The maximum atomic E-state index is 13.6. The minimum atomic E-state index is -2.55. The molecule has 0 spiro atoms. The molecule has 0 aliphatic carbocycles. The third kappa shape index (κ3) is 4.90. The van der Waals surface area contributed by atoms with Gasteiger partial charge in [0.05, 0.1) is 29.0 Å². The van der Waals surface area contributed by atoms with Crippen molar-refractivity contribution in [2.24, 2.45) is 0 Å². The minimum Gasteiger partial charge on any atom is -0.465 e. The van der Waals surface area contributed by atoms with Gasteiger partial charge >= 0.3 is 11.7 Å². The van der Waals surface area contributed by atoms with Crippen LogP contribution in [0.15, 0.2) is 60.7 Å². The van der Waals surface area contributed by atoms with Crippen LogP contribution in [0.4, 0.5) is 21.5 Å². The van der Waals surface area contributed by atoms with Crippen molar-refractivity contribution in [2.45, 2.75) is 6.92 Å². The molecule has 0 aliphatic rings. The van der Waals surface area contributed by atoms with Crippen molar-refractivity contribution in [2.75, 3.05) is 11.4 Å². The van der Waals surface area contributed by atoms with E-state index in [0.717, 1.165) is 35.2 Å². The first-order valence-corrected chi connectivity index (χ1v) is 10.1. The number of aryl methyl sites for hydroxylation is 1. The molecule has 3 aromatic carbocycles. The Morgan fingerprint density at radius 3 is 2.41 bits per heavy atom. The molecular formula is C21H17FN2O7S. The second-order valence-corrected chi connectivity index (χ2v) is 7.33. The zero-order chi connectivity index (χ0) is 23.4. The summed E-state index contributed by atoms with van der Waals surface area (Å²) in [7, 11) is 1.13. The maximum Gasteiger partial charge on any atom is 0.340 e. The van der Waals surface area contributed by atoms with Crippen molar-refractivity contribution in [3.8, 4) is 11.5 Å². The number of ether oxygens (including phenoxy) is 2. The molecule has 0 amide bonds. The van der Waals surface area contributed by atoms with E-state index >= 15 is 0 Å². The Hall–Kier alpha value is -3.83. The summed E-state index contributed by atoms with van der Waals surface area (Å²) in [6, 6.07) is 13.2. The average molecular weight is 460 g/mol. The lowest BCUT2D eigenvalue weighted by atomic mass is 10.1. The number of esters is 1. The third-order valence-electron chi connectivity index (χ3n) is 4.36. The van der Waals surface area contributed by atoms with E-state index < -0.39 is 33.7 Å². The Bertz CT molecular complexity index is 1200. The predicted molar refractivity (Wildman–Crippen MR) is 115 cm³/mol. The van der Waals surface area contributed by atoms with Gasteiger partial charge in [0.2, 0.25) is 5.75 Å². The van der Waals surface area contributed by atoms with Crippen molar-refractivity contribution in [1.82, 2.24) is 0 Å². The first-order valence-electron chi connectivity index (χ1n) is 9.03. The van der Waals surface area contributed by atoms with Crippen LogP contribution in [0.1, 0.15) is 15.9 Å². The molecule has 1 atom stereocenters. The molecule has 11 heteroatoms. The van der Waals surface area contributed by atoms with Crippen molar-refractivity contribution in [1.29, 1.82) is 0 Å². The molecule has 0 saturated carbocycles. The molecular weight excluding hydrogens is 443 g/mol. The van der Waals surface area contributed by atoms with Crippen molar-refractivity contribution in [3.05, 3.63) is 87.7 Å². The second-order valence-electron chi connectivity index (χ2n) is 6.50. The van der Waals surface area contributed by atoms with E-state index in [4.69, 9.17) is 9.47 Å². The van der Waals surface area contributed by atoms with Gasteiger partial charge in [-0.2, -0.15) is 0 Å². The second kappa shape index (κ2) is 9.54. The van der Waals surface area contributed by atoms with E-state index in [-0.39, 0.29) is 22.7 Å². The van der Waals surface area contributed by atoms with Gasteiger partial charge in [-0.25, -0.2) is 17.7 Å². The van der Waals surface area contributed by atoms with E-state index in [1.807, 2.05) is 6.92 Å². The number of methoxy groups -OCH3 is 1. The molecule has 3 aromatic rings. The average Bonchev–Trinajstić information content (AvgIpc) is 2.75. The van der Waals surface area contributed by atoms with Gasteiger partial charge in [0, 0.05) is 12.1 Å². The zero-order valence-corrected chi connectivity index (χ0v) is 17.7. The zero-order valence-electron chi connectivity index (χ0n) is 16.9. The van der Waals surface area contributed by atoms with Gasteiger partial charge in [-0.3, -0.25) is 14.7 Å². The highest BCUT2D eigenvalue weighted by Gasteiger charge is 2.24. The number of benzene rings is 3. The van der Waals surface area contributed by atoms with Crippen molar-refractivity contribution >= 4 is 34.3 Å². The third-order valence-corrected chi connectivity index (χ3v) is 5.08. The molecule has 0 heterocycles. The Labute approximate surface area is 184 Å². The van der Waals surface area contributed by atoms with Crippen LogP contribution < -0.4 is 9.04 Å². The van der Waals surface area contributed by atoms with E-state index in [1.54, 1.807) is 24.3 Å². The fraction of sp³-hybridized carbons (Fsp3) is 0.0952. The summed E-state index contributed by atoms with van der Waals surface area (Å²) in [5, 5.41) is 11.2. The van der Waals surface area contributed by atoms with E-state index in [2.05, 4.69) is 0 Å².